The molecular weight excluding hydrogens is 1130 g/mol. The quantitative estimate of drug-likeness (QED) is 0.122. The lowest BCUT2D eigenvalue weighted by Gasteiger charge is -2.26. The number of anilines is 6. The van der Waals surface area contributed by atoms with Gasteiger partial charge in [-0.15, -0.1) is 0 Å². The van der Waals surface area contributed by atoms with Gasteiger partial charge in [0.25, 0.3) is 0 Å². The SMILES string of the molecule is Cc1cccc(-c2cc3cc4c(cc(-c5cccc(C)c5)n4-c4ccc(N(c5ccc(F)cc5)c5ccc6c(c5)c5ccccc5n6-c5ccccc5)cc4)cc3n2-c2ccc(N(c3ccc(F)cc3)c3ccc4c(c3)c3ccccc3n4-c3ccccc3)cc2)c1. The van der Waals surface area contributed by atoms with Crippen LogP contribution in [0.25, 0.3) is 111 Å². The summed E-state index contributed by atoms with van der Waals surface area (Å²) in [6.07, 6.45) is 0. The van der Waals surface area contributed by atoms with Crippen LogP contribution in [0.4, 0.5) is 42.9 Å². The Morgan fingerprint density at radius 1 is 0.239 bits per heavy atom. The molecule has 0 bridgehead atoms. The molecule has 0 saturated heterocycles. The normalized spacial score (nSPS) is 11.7. The van der Waals surface area contributed by atoms with E-state index in [1.807, 2.05) is 36.4 Å². The minimum atomic E-state index is -0.290. The number of aryl methyl sites for hydroxylation is 2. The summed E-state index contributed by atoms with van der Waals surface area (Å²) in [5.74, 6) is -0.580. The summed E-state index contributed by atoms with van der Waals surface area (Å²) in [6.45, 7) is 4.29. The maximum atomic E-state index is 14.8. The van der Waals surface area contributed by atoms with Crippen LogP contribution in [0.1, 0.15) is 11.1 Å². The molecule has 0 unspecified atom stereocenters. The van der Waals surface area contributed by atoms with Gasteiger partial charge in [-0.1, -0.05) is 120 Å². The minimum absolute atomic E-state index is 0.290. The molecule has 0 N–H and O–H groups in total. The van der Waals surface area contributed by atoms with Gasteiger partial charge in [-0.25, -0.2) is 8.78 Å². The van der Waals surface area contributed by atoms with E-state index >= 15 is 0 Å². The molecule has 13 aromatic carbocycles. The van der Waals surface area contributed by atoms with Crippen molar-refractivity contribution >= 4 is 99.5 Å². The molecule has 6 nitrogen and oxygen atoms in total. The van der Waals surface area contributed by atoms with Crippen molar-refractivity contribution in [2.75, 3.05) is 9.80 Å². The fourth-order valence-corrected chi connectivity index (χ4v) is 14.0. The van der Waals surface area contributed by atoms with Crippen LogP contribution in [0.3, 0.4) is 0 Å². The smallest absolute Gasteiger partial charge is 0.123 e. The van der Waals surface area contributed by atoms with Crippen LogP contribution < -0.4 is 9.80 Å². The highest BCUT2D eigenvalue weighted by Gasteiger charge is 2.23. The maximum Gasteiger partial charge on any atom is 0.123 e. The molecule has 0 aliphatic carbocycles. The van der Waals surface area contributed by atoms with Crippen molar-refractivity contribution in [3.8, 4) is 45.3 Å². The van der Waals surface area contributed by atoms with Gasteiger partial charge in [0.15, 0.2) is 0 Å². The molecule has 92 heavy (non-hydrogen) atoms. The number of rotatable bonds is 12. The molecule has 0 aliphatic rings. The Balaban J connectivity index is 0.798. The Labute approximate surface area is 530 Å². The van der Waals surface area contributed by atoms with E-state index in [1.54, 1.807) is 0 Å². The molecule has 0 saturated carbocycles. The Hall–Kier alpha value is -12.0. The Morgan fingerprint density at radius 3 is 0.967 bits per heavy atom. The molecule has 0 aliphatic heterocycles. The van der Waals surface area contributed by atoms with Crippen molar-refractivity contribution in [3.05, 3.63) is 338 Å². The molecule has 4 heterocycles. The predicted octanol–water partition coefficient (Wildman–Crippen LogP) is 22.9. The Bertz CT molecular complexity index is 5310. The van der Waals surface area contributed by atoms with Gasteiger partial charge in [-0.05, 0) is 231 Å². The summed E-state index contributed by atoms with van der Waals surface area (Å²) < 4.78 is 39.0. The monoisotopic (exact) mass is 1190 g/mol. The second kappa shape index (κ2) is 21.9. The Morgan fingerprint density at radius 2 is 0.576 bits per heavy atom. The van der Waals surface area contributed by atoms with E-state index in [1.165, 1.54) is 35.4 Å². The number of hydrogen-bond donors (Lipinski definition) is 0. The molecule has 17 aromatic rings. The second-order valence-corrected chi connectivity index (χ2v) is 23.9. The maximum absolute atomic E-state index is 14.8. The summed E-state index contributed by atoms with van der Waals surface area (Å²) in [5, 5.41) is 6.73. The Kier molecular flexibility index (Phi) is 12.9. The average Bonchev–Trinajstić information content (AvgIpc) is 1.63. The predicted molar refractivity (Wildman–Crippen MR) is 378 cm³/mol. The summed E-state index contributed by atoms with van der Waals surface area (Å²) in [5.41, 5.74) is 23.0. The summed E-state index contributed by atoms with van der Waals surface area (Å²) in [6, 6.07) is 109. The third-order valence-electron chi connectivity index (χ3n) is 18.1. The van der Waals surface area contributed by atoms with E-state index in [-0.39, 0.29) is 11.6 Å². The highest BCUT2D eigenvalue weighted by Crippen LogP contribution is 2.45. The van der Waals surface area contributed by atoms with E-state index in [2.05, 4.69) is 297 Å². The van der Waals surface area contributed by atoms with E-state index in [0.29, 0.717) is 0 Å². The zero-order valence-electron chi connectivity index (χ0n) is 50.5. The lowest BCUT2D eigenvalue weighted by atomic mass is 10.1. The second-order valence-electron chi connectivity index (χ2n) is 23.9. The molecule has 17 rings (SSSR count). The first-order valence-electron chi connectivity index (χ1n) is 31.1. The first kappa shape index (κ1) is 54.2. The van der Waals surface area contributed by atoms with Crippen LogP contribution >= 0.6 is 0 Å². The summed E-state index contributed by atoms with van der Waals surface area (Å²) in [4.78, 5) is 4.43. The number of halogens is 2. The van der Waals surface area contributed by atoms with Gasteiger partial charge < -0.3 is 28.1 Å². The molecule has 4 aromatic heterocycles. The van der Waals surface area contributed by atoms with Gasteiger partial charge in [0, 0.05) is 89.2 Å². The summed E-state index contributed by atoms with van der Waals surface area (Å²) >= 11 is 0. The van der Waals surface area contributed by atoms with Crippen LogP contribution in [-0.2, 0) is 0 Å². The number of benzene rings is 13. The molecule has 0 amide bonds. The van der Waals surface area contributed by atoms with E-state index < -0.39 is 0 Å². The number of para-hydroxylation sites is 4. The zero-order valence-corrected chi connectivity index (χ0v) is 50.5. The molecule has 8 heteroatoms. The van der Waals surface area contributed by atoms with Crippen molar-refractivity contribution in [1.29, 1.82) is 0 Å². The van der Waals surface area contributed by atoms with E-state index in [9.17, 15) is 8.78 Å². The molecule has 0 atom stereocenters. The standard InChI is InChI=1S/C84H58F2N6/c1-55-15-13-17-57(47-55)81-49-59-51-84-60(52-83(59)91(81)69-39-35-67(36-40-69)87(65-31-27-61(85)28-32-65)71-43-45-79-75(53-71)73-23-9-11-25-77(73)89(79)63-19-5-3-6-20-63)50-82(58-18-14-16-56(2)48-58)92(84)70-41-37-68(38-42-70)88(66-33-29-62(86)30-34-66)72-44-46-80-76(54-72)74-24-10-12-26-78(74)90(80)64-21-7-4-8-22-64/h3-54H,1-2H3. The highest BCUT2D eigenvalue weighted by molar-refractivity contribution is 6.12. The van der Waals surface area contributed by atoms with Crippen LogP contribution in [0.15, 0.2) is 315 Å². The van der Waals surface area contributed by atoms with Crippen molar-refractivity contribution < 1.29 is 8.78 Å². The highest BCUT2D eigenvalue weighted by atomic mass is 19.1. The fraction of sp³-hybridized carbons (Fsp3) is 0.0238. The van der Waals surface area contributed by atoms with Crippen LogP contribution in [0.2, 0.25) is 0 Å². The van der Waals surface area contributed by atoms with Crippen molar-refractivity contribution in [3.63, 3.8) is 0 Å². The number of hydrogen-bond acceptors (Lipinski definition) is 2. The first-order valence-corrected chi connectivity index (χ1v) is 31.1. The van der Waals surface area contributed by atoms with Gasteiger partial charge in [0.1, 0.15) is 11.6 Å². The lowest BCUT2D eigenvalue weighted by molar-refractivity contribution is 0.627. The summed E-state index contributed by atoms with van der Waals surface area (Å²) in [7, 11) is 0. The zero-order chi connectivity index (χ0) is 61.6. The third kappa shape index (κ3) is 9.22. The van der Waals surface area contributed by atoms with Gasteiger partial charge in [0.05, 0.1) is 44.5 Å². The van der Waals surface area contributed by atoms with E-state index in [4.69, 9.17) is 0 Å². The van der Waals surface area contributed by atoms with Crippen LogP contribution in [0, 0.1) is 25.5 Å². The van der Waals surface area contributed by atoms with Crippen LogP contribution in [0.5, 0.6) is 0 Å². The fourth-order valence-electron chi connectivity index (χ4n) is 14.0. The average molecular weight is 1190 g/mol. The van der Waals surface area contributed by atoms with Crippen molar-refractivity contribution in [2.24, 2.45) is 0 Å². The topological polar surface area (TPSA) is 26.2 Å². The molecule has 0 fully saturated rings. The largest absolute Gasteiger partial charge is 0.310 e. The van der Waals surface area contributed by atoms with Crippen molar-refractivity contribution in [2.45, 2.75) is 13.8 Å². The van der Waals surface area contributed by atoms with Gasteiger partial charge >= 0.3 is 0 Å². The molecule has 438 valence electrons. The van der Waals surface area contributed by atoms with Gasteiger partial charge in [-0.2, -0.15) is 0 Å². The van der Waals surface area contributed by atoms with E-state index in [0.717, 1.165) is 145 Å². The molecule has 0 radical (unpaired) electrons. The van der Waals surface area contributed by atoms with Gasteiger partial charge in [-0.3, -0.25) is 0 Å². The molecular formula is C84H58F2N6. The number of fused-ring (bicyclic) bond motifs is 8. The van der Waals surface area contributed by atoms with Crippen LogP contribution in [-0.4, -0.2) is 18.3 Å². The first-order chi connectivity index (χ1) is 45.2. The van der Waals surface area contributed by atoms with Crippen molar-refractivity contribution in [1.82, 2.24) is 18.3 Å². The van der Waals surface area contributed by atoms with Gasteiger partial charge in [0.2, 0.25) is 0 Å². The lowest BCUT2D eigenvalue weighted by Crippen LogP contribution is -2.10. The number of nitrogens with zero attached hydrogens (tertiary/aromatic N) is 6. The number of aromatic nitrogens is 4. The minimum Gasteiger partial charge on any atom is -0.310 e. The third-order valence-corrected chi connectivity index (χ3v) is 18.1. The molecule has 0 spiro atoms.